The van der Waals surface area contributed by atoms with Gasteiger partial charge >= 0.3 is 0 Å². The molecule has 3 heteroatoms. The number of methoxy groups -OCH3 is 1. The summed E-state index contributed by atoms with van der Waals surface area (Å²) in [4.78, 5) is 0. The number of aromatic hydroxyl groups is 2. The van der Waals surface area contributed by atoms with E-state index in [1.54, 1.807) is 13.2 Å². The van der Waals surface area contributed by atoms with E-state index in [0.717, 1.165) is 0 Å². The van der Waals surface area contributed by atoms with Gasteiger partial charge in [0.05, 0.1) is 6.61 Å². The summed E-state index contributed by atoms with van der Waals surface area (Å²) in [6, 6.07) is 4.41. The SMILES string of the molecule is COCc1ccc(O)cc1O. The molecule has 3 nitrogen and oxygen atoms in total. The van der Waals surface area contributed by atoms with Gasteiger partial charge in [0.25, 0.3) is 0 Å². The molecule has 0 amide bonds. The fraction of sp³-hybridized carbons (Fsp3) is 0.250. The molecule has 0 unspecified atom stereocenters. The quantitative estimate of drug-likeness (QED) is 0.673. The fourth-order valence-electron chi connectivity index (χ4n) is 0.830. The Morgan fingerprint density at radius 2 is 2.09 bits per heavy atom. The van der Waals surface area contributed by atoms with Crippen molar-refractivity contribution in [2.24, 2.45) is 0 Å². The normalized spacial score (nSPS) is 9.91. The molecule has 0 fully saturated rings. The van der Waals surface area contributed by atoms with Gasteiger partial charge in [0, 0.05) is 18.7 Å². The lowest BCUT2D eigenvalue weighted by molar-refractivity contribution is 0.182. The lowest BCUT2D eigenvalue weighted by Gasteiger charge is -2.02. The molecule has 0 aliphatic heterocycles. The lowest BCUT2D eigenvalue weighted by atomic mass is 10.2. The van der Waals surface area contributed by atoms with E-state index in [9.17, 15) is 5.11 Å². The van der Waals surface area contributed by atoms with Gasteiger partial charge in [-0.25, -0.2) is 0 Å². The molecular formula is C8H10O3. The van der Waals surface area contributed by atoms with Crippen LogP contribution in [0, 0.1) is 0 Å². The Morgan fingerprint density at radius 1 is 1.36 bits per heavy atom. The van der Waals surface area contributed by atoms with E-state index in [1.165, 1.54) is 12.1 Å². The highest BCUT2D eigenvalue weighted by molar-refractivity contribution is 5.38. The summed E-state index contributed by atoms with van der Waals surface area (Å²) in [5.41, 5.74) is 0.672. The lowest BCUT2D eigenvalue weighted by Crippen LogP contribution is -1.86. The summed E-state index contributed by atoms with van der Waals surface area (Å²) < 4.78 is 4.81. The van der Waals surface area contributed by atoms with Gasteiger partial charge in [-0.2, -0.15) is 0 Å². The molecule has 0 spiro atoms. The first-order valence-electron chi connectivity index (χ1n) is 3.24. The van der Waals surface area contributed by atoms with Crippen molar-refractivity contribution in [3.63, 3.8) is 0 Å². The fourth-order valence-corrected chi connectivity index (χ4v) is 0.830. The van der Waals surface area contributed by atoms with Crippen molar-refractivity contribution in [2.45, 2.75) is 6.61 Å². The highest BCUT2D eigenvalue weighted by Gasteiger charge is 2.00. The Bertz CT molecular complexity index is 245. The van der Waals surface area contributed by atoms with Crippen LogP contribution in [-0.4, -0.2) is 17.3 Å². The second kappa shape index (κ2) is 3.25. The van der Waals surface area contributed by atoms with E-state index in [0.29, 0.717) is 12.2 Å². The van der Waals surface area contributed by atoms with Gasteiger partial charge < -0.3 is 14.9 Å². The maximum Gasteiger partial charge on any atom is 0.124 e. The average Bonchev–Trinajstić information content (AvgIpc) is 1.95. The van der Waals surface area contributed by atoms with Crippen LogP contribution >= 0.6 is 0 Å². The molecule has 0 aliphatic rings. The molecule has 0 bridgehead atoms. The van der Waals surface area contributed by atoms with Gasteiger partial charge in [0.1, 0.15) is 11.5 Å². The largest absolute Gasteiger partial charge is 0.508 e. The Balaban J connectivity index is 2.90. The van der Waals surface area contributed by atoms with E-state index in [4.69, 9.17) is 9.84 Å². The second-order valence-electron chi connectivity index (χ2n) is 2.25. The molecule has 60 valence electrons. The number of phenols is 2. The standard InChI is InChI=1S/C8H10O3/c1-11-5-6-2-3-7(9)4-8(6)10/h2-4,9-10H,5H2,1H3. The summed E-state index contributed by atoms with van der Waals surface area (Å²) in [6.45, 7) is 0.353. The van der Waals surface area contributed by atoms with Crippen LogP contribution in [0.3, 0.4) is 0 Å². The third-order valence-electron chi connectivity index (χ3n) is 1.37. The first kappa shape index (κ1) is 7.88. The third-order valence-corrected chi connectivity index (χ3v) is 1.37. The maximum atomic E-state index is 9.18. The first-order valence-corrected chi connectivity index (χ1v) is 3.24. The Morgan fingerprint density at radius 3 is 2.64 bits per heavy atom. The topological polar surface area (TPSA) is 49.7 Å². The van der Waals surface area contributed by atoms with Crippen LogP contribution in [0.4, 0.5) is 0 Å². The highest BCUT2D eigenvalue weighted by Crippen LogP contribution is 2.22. The summed E-state index contributed by atoms with van der Waals surface area (Å²) >= 11 is 0. The molecule has 0 saturated carbocycles. The summed E-state index contributed by atoms with van der Waals surface area (Å²) in [5.74, 6) is 0.120. The van der Waals surface area contributed by atoms with Gasteiger partial charge in [0.15, 0.2) is 0 Å². The summed E-state index contributed by atoms with van der Waals surface area (Å²) in [6.07, 6.45) is 0. The zero-order chi connectivity index (χ0) is 8.27. The molecule has 0 atom stereocenters. The van der Waals surface area contributed by atoms with Crippen LogP contribution in [0.1, 0.15) is 5.56 Å². The van der Waals surface area contributed by atoms with Crippen LogP contribution in [0.25, 0.3) is 0 Å². The predicted octanol–water partition coefficient (Wildman–Crippen LogP) is 1.24. The third kappa shape index (κ3) is 1.85. The van der Waals surface area contributed by atoms with E-state index < -0.39 is 0 Å². The van der Waals surface area contributed by atoms with E-state index in [-0.39, 0.29) is 11.5 Å². The first-order chi connectivity index (χ1) is 5.24. The summed E-state index contributed by atoms with van der Waals surface area (Å²) in [5, 5.41) is 18.1. The zero-order valence-corrected chi connectivity index (χ0v) is 6.24. The van der Waals surface area contributed by atoms with Crippen molar-refractivity contribution in [1.29, 1.82) is 0 Å². The number of benzene rings is 1. The van der Waals surface area contributed by atoms with Crippen molar-refractivity contribution >= 4 is 0 Å². The molecule has 0 saturated heterocycles. The summed E-state index contributed by atoms with van der Waals surface area (Å²) in [7, 11) is 1.55. The number of rotatable bonds is 2. The molecule has 11 heavy (non-hydrogen) atoms. The maximum absolute atomic E-state index is 9.18. The molecule has 0 heterocycles. The van der Waals surface area contributed by atoms with E-state index in [2.05, 4.69) is 0 Å². The van der Waals surface area contributed by atoms with E-state index >= 15 is 0 Å². The molecule has 0 radical (unpaired) electrons. The van der Waals surface area contributed by atoms with Crippen molar-refractivity contribution in [3.05, 3.63) is 23.8 Å². The number of hydrogen-bond acceptors (Lipinski definition) is 3. The van der Waals surface area contributed by atoms with Crippen molar-refractivity contribution in [1.82, 2.24) is 0 Å². The zero-order valence-electron chi connectivity index (χ0n) is 6.24. The van der Waals surface area contributed by atoms with Crippen LogP contribution in [0.2, 0.25) is 0 Å². The second-order valence-corrected chi connectivity index (χ2v) is 2.25. The Labute approximate surface area is 64.9 Å². The predicted molar refractivity (Wildman–Crippen MR) is 40.5 cm³/mol. The minimum absolute atomic E-state index is 0.0577. The molecule has 0 aliphatic carbocycles. The van der Waals surface area contributed by atoms with Gasteiger partial charge in [-0.3, -0.25) is 0 Å². The molecule has 2 N–H and O–H groups in total. The van der Waals surface area contributed by atoms with Crippen LogP contribution in [-0.2, 0) is 11.3 Å². The van der Waals surface area contributed by atoms with Crippen molar-refractivity contribution in [2.75, 3.05) is 7.11 Å². The van der Waals surface area contributed by atoms with Crippen LogP contribution in [0.5, 0.6) is 11.5 Å². The molecule has 1 aromatic carbocycles. The van der Waals surface area contributed by atoms with Crippen LogP contribution in [0.15, 0.2) is 18.2 Å². The molecular weight excluding hydrogens is 144 g/mol. The smallest absolute Gasteiger partial charge is 0.124 e. The minimum atomic E-state index is 0.0577. The van der Waals surface area contributed by atoms with Crippen LogP contribution < -0.4 is 0 Å². The van der Waals surface area contributed by atoms with Crippen molar-refractivity contribution in [3.8, 4) is 11.5 Å². The minimum Gasteiger partial charge on any atom is -0.508 e. The number of hydrogen-bond donors (Lipinski definition) is 2. The van der Waals surface area contributed by atoms with Gasteiger partial charge in [-0.1, -0.05) is 0 Å². The highest BCUT2D eigenvalue weighted by atomic mass is 16.5. The average molecular weight is 154 g/mol. The van der Waals surface area contributed by atoms with Gasteiger partial charge in [-0.15, -0.1) is 0 Å². The van der Waals surface area contributed by atoms with Crippen molar-refractivity contribution < 1.29 is 14.9 Å². The van der Waals surface area contributed by atoms with E-state index in [1.807, 2.05) is 0 Å². The Hall–Kier alpha value is -1.22. The number of phenolic OH excluding ortho intramolecular Hbond substituents is 2. The number of ether oxygens (including phenoxy) is 1. The molecule has 1 aromatic rings. The molecule has 0 aromatic heterocycles. The Kier molecular flexibility index (Phi) is 2.33. The van der Waals surface area contributed by atoms with Gasteiger partial charge in [0.2, 0.25) is 0 Å². The monoisotopic (exact) mass is 154 g/mol. The molecule has 1 rings (SSSR count). The van der Waals surface area contributed by atoms with Gasteiger partial charge in [-0.05, 0) is 12.1 Å².